The summed E-state index contributed by atoms with van der Waals surface area (Å²) < 4.78 is 1.51. The Hall–Kier alpha value is -1.86. The van der Waals surface area contributed by atoms with Gasteiger partial charge in [0.25, 0.3) is 5.56 Å². The number of aromatic nitrogens is 1. The van der Waals surface area contributed by atoms with E-state index in [1.165, 1.54) is 15.5 Å². The fourth-order valence-electron chi connectivity index (χ4n) is 1.53. The molecule has 4 heteroatoms. The van der Waals surface area contributed by atoms with E-state index in [1.807, 2.05) is 23.6 Å². The molecule has 0 aliphatic carbocycles. The second-order valence-electron chi connectivity index (χ2n) is 3.34. The van der Waals surface area contributed by atoms with Gasteiger partial charge in [0.05, 0.1) is 0 Å². The molecule has 2 aromatic rings. The zero-order chi connectivity index (χ0) is 11.4. The standard InChI is InChI=1S/C12H10N2OS/c13-9-10-3-1-5-12(15)14(10)7-6-11-4-2-8-16-11/h1-5,8H,6-7H2. The van der Waals surface area contributed by atoms with Crippen LogP contribution in [0.5, 0.6) is 0 Å². The number of nitriles is 1. The van der Waals surface area contributed by atoms with Crippen LogP contribution in [0.25, 0.3) is 0 Å². The molecule has 16 heavy (non-hydrogen) atoms. The summed E-state index contributed by atoms with van der Waals surface area (Å²) in [5, 5.41) is 10.9. The zero-order valence-electron chi connectivity index (χ0n) is 8.59. The first-order chi connectivity index (χ1) is 7.81. The third-order valence-corrected chi connectivity index (χ3v) is 3.26. The summed E-state index contributed by atoms with van der Waals surface area (Å²) >= 11 is 1.66. The number of aryl methyl sites for hydroxylation is 1. The molecule has 0 radical (unpaired) electrons. The van der Waals surface area contributed by atoms with Crippen LogP contribution < -0.4 is 5.56 Å². The number of pyridine rings is 1. The highest BCUT2D eigenvalue weighted by Crippen LogP contribution is 2.10. The lowest BCUT2D eigenvalue weighted by molar-refractivity contribution is 0.665. The predicted octanol–water partition coefficient (Wildman–Crippen LogP) is 2.02. The van der Waals surface area contributed by atoms with Gasteiger partial charge in [0.2, 0.25) is 0 Å². The average Bonchev–Trinajstić information content (AvgIpc) is 2.80. The molecule has 0 aromatic carbocycles. The maximum atomic E-state index is 11.6. The van der Waals surface area contributed by atoms with Crippen molar-refractivity contribution in [2.24, 2.45) is 0 Å². The van der Waals surface area contributed by atoms with Crippen molar-refractivity contribution in [2.75, 3.05) is 0 Å². The minimum atomic E-state index is -0.115. The summed E-state index contributed by atoms with van der Waals surface area (Å²) in [6.07, 6.45) is 0.788. The van der Waals surface area contributed by atoms with E-state index in [4.69, 9.17) is 5.26 Å². The lowest BCUT2D eigenvalue weighted by Crippen LogP contribution is -2.22. The largest absolute Gasteiger partial charge is 0.299 e. The highest BCUT2D eigenvalue weighted by Gasteiger charge is 2.02. The summed E-state index contributed by atoms with van der Waals surface area (Å²) in [5.41, 5.74) is 0.305. The van der Waals surface area contributed by atoms with E-state index in [2.05, 4.69) is 0 Å². The van der Waals surface area contributed by atoms with Crippen LogP contribution in [0.15, 0.2) is 40.5 Å². The Kier molecular flexibility index (Phi) is 3.18. The van der Waals surface area contributed by atoms with Crippen LogP contribution in [0, 0.1) is 11.3 Å². The third kappa shape index (κ3) is 2.20. The minimum absolute atomic E-state index is 0.115. The summed E-state index contributed by atoms with van der Waals surface area (Å²) in [6.45, 7) is 0.559. The van der Waals surface area contributed by atoms with Gasteiger partial charge < -0.3 is 0 Å². The molecular weight excluding hydrogens is 220 g/mol. The Morgan fingerprint density at radius 2 is 2.19 bits per heavy atom. The van der Waals surface area contributed by atoms with Crippen molar-refractivity contribution in [1.29, 1.82) is 5.26 Å². The Bertz CT molecular complexity index is 563. The predicted molar refractivity (Wildman–Crippen MR) is 63.4 cm³/mol. The van der Waals surface area contributed by atoms with E-state index < -0.39 is 0 Å². The highest BCUT2D eigenvalue weighted by atomic mass is 32.1. The normalized spacial score (nSPS) is 9.94. The molecule has 0 saturated carbocycles. The van der Waals surface area contributed by atoms with Gasteiger partial charge in [0.1, 0.15) is 11.8 Å². The van der Waals surface area contributed by atoms with Gasteiger partial charge in [0, 0.05) is 17.5 Å². The molecule has 0 aliphatic heterocycles. The highest BCUT2D eigenvalue weighted by molar-refractivity contribution is 7.09. The van der Waals surface area contributed by atoms with Crippen molar-refractivity contribution in [1.82, 2.24) is 4.57 Å². The molecule has 2 rings (SSSR count). The summed E-state index contributed by atoms with van der Waals surface area (Å²) in [5.74, 6) is 0. The molecule has 0 N–H and O–H groups in total. The summed E-state index contributed by atoms with van der Waals surface area (Å²) in [6, 6.07) is 10.8. The second kappa shape index (κ2) is 4.77. The molecule has 0 spiro atoms. The van der Waals surface area contributed by atoms with E-state index in [0.717, 1.165) is 6.42 Å². The third-order valence-electron chi connectivity index (χ3n) is 2.33. The lowest BCUT2D eigenvalue weighted by Gasteiger charge is -2.05. The van der Waals surface area contributed by atoms with Crippen molar-refractivity contribution in [3.05, 3.63) is 56.6 Å². The van der Waals surface area contributed by atoms with Gasteiger partial charge in [-0.1, -0.05) is 12.1 Å². The SMILES string of the molecule is N#Cc1cccc(=O)n1CCc1cccs1. The summed E-state index contributed by atoms with van der Waals surface area (Å²) in [7, 11) is 0. The maximum absolute atomic E-state index is 11.6. The first-order valence-electron chi connectivity index (χ1n) is 4.93. The van der Waals surface area contributed by atoms with Crippen LogP contribution in [0.4, 0.5) is 0 Å². The van der Waals surface area contributed by atoms with Gasteiger partial charge in [-0.2, -0.15) is 5.26 Å². The van der Waals surface area contributed by atoms with Gasteiger partial charge in [-0.15, -0.1) is 11.3 Å². The van der Waals surface area contributed by atoms with E-state index >= 15 is 0 Å². The van der Waals surface area contributed by atoms with Crippen LogP contribution in [0.3, 0.4) is 0 Å². The van der Waals surface area contributed by atoms with Crippen molar-refractivity contribution in [3.63, 3.8) is 0 Å². The van der Waals surface area contributed by atoms with Crippen LogP contribution in [0.2, 0.25) is 0 Å². The van der Waals surface area contributed by atoms with E-state index in [9.17, 15) is 4.79 Å². The van der Waals surface area contributed by atoms with Crippen molar-refractivity contribution in [3.8, 4) is 6.07 Å². The number of rotatable bonds is 3. The first kappa shape index (κ1) is 10.7. The maximum Gasteiger partial charge on any atom is 0.251 e. The Balaban J connectivity index is 2.22. The second-order valence-corrected chi connectivity index (χ2v) is 4.37. The lowest BCUT2D eigenvalue weighted by atomic mass is 10.3. The Morgan fingerprint density at radius 3 is 2.88 bits per heavy atom. The van der Waals surface area contributed by atoms with Crippen molar-refractivity contribution >= 4 is 11.3 Å². The van der Waals surface area contributed by atoms with Crippen LogP contribution in [0.1, 0.15) is 10.6 Å². The van der Waals surface area contributed by atoms with Crippen LogP contribution >= 0.6 is 11.3 Å². The quantitative estimate of drug-likeness (QED) is 0.809. The van der Waals surface area contributed by atoms with Gasteiger partial charge in [0.15, 0.2) is 0 Å². The number of hydrogen-bond donors (Lipinski definition) is 0. The van der Waals surface area contributed by atoms with Gasteiger partial charge in [-0.05, 0) is 23.9 Å². The van der Waals surface area contributed by atoms with Crippen molar-refractivity contribution in [2.45, 2.75) is 13.0 Å². The van der Waals surface area contributed by atoms with Gasteiger partial charge in [-0.3, -0.25) is 9.36 Å². The topological polar surface area (TPSA) is 45.8 Å². The molecule has 2 aromatic heterocycles. The van der Waals surface area contributed by atoms with E-state index in [-0.39, 0.29) is 5.56 Å². The number of hydrogen-bond acceptors (Lipinski definition) is 3. The van der Waals surface area contributed by atoms with E-state index in [1.54, 1.807) is 23.5 Å². The van der Waals surface area contributed by atoms with Crippen LogP contribution in [-0.4, -0.2) is 4.57 Å². The molecule has 0 fully saturated rings. The molecule has 0 atom stereocenters. The molecule has 0 amide bonds. The summed E-state index contributed by atoms with van der Waals surface area (Å²) in [4.78, 5) is 12.8. The van der Waals surface area contributed by atoms with Crippen molar-refractivity contribution < 1.29 is 0 Å². The molecule has 80 valence electrons. The van der Waals surface area contributed by atoms with Crippen LogP contribution in [-0.2, 0) is 13.0 Å². The molecule has 0 aliphatic rings. The van der Waals surface area contributed by atoms with E-state index in [0.29, 0.717) is 12.2 Å². The first-order valence-corrected chi connectivity index (χ1v) is 5.81. The smallest absolute Gasteiger partial charge is 0.251 e. The Morgan fingerprint density at radius 1 is 1.31 bits per heavy atom. The molecular formula is C12H10N2OS. The zero-order valence-corrected chi connectivity index (χ0v) is 9.41. The fraction of sp³-hybridized carbons (Fsp3) is 0.167. The minimum Gasteiger partial charge on any atom is -0.299 e. The number of nitrogens with zero attached hydrogens (tertiary/aromatic N) is 2. The molecule has 0 unspecified atom stereocenters. The average molecular weight is 230 g/mol. The Labute approximate surface area is 97.2 Å². The van der Waals surface area contributed by atoms with Gasteiger partial charge in [-0.25, -0.2) is 0 Å². The molecule has 2 heterocycles. The molecule has 0 bridgehead atoms. The number of thiophene rings is 1. The van der Waals surface area contributed by atoms with Gasteiger partial charge >= 0.3 is 0 Å². The molecule has 3 nitrogen and oxygen atoms in total. The fourth-order valence-corrected chi connectivity index (χ4v) is 2.22. The molecule has 0 saturated heterocycles. The monoisotopic (exact) mass is 230 g/mol.